The number of ether oxygens (including phenoxy) is 1. The third kappa shape index (κ3) is 3.41. The van der Waals surface area contributed by atoms with Crippen LogP contribution < -0.4 is 10.1 Å². The average molecular weight is 376 g/mol. The molecule has 2 heterocycles. The number of carboxylic acid groups (broad SMARTS) is 1. The minimum atomic E-state index is -1.11. The molecule has 7 nitrogen and oxygen atoms in total. The summed E-state index contributed by atoms with van der Waals surface area (Å²) in [7, 11) is 1.59. The summed E-state index contributed by atoms with van der Waals surface area (Å²) < 4.78 is 5.10. The van der Waals surface area contributed by atoms with Crippen LogP contribution in [0.2, 0.25) is 0 Å². The number of hydrogen-bond acceptors (Lipinski definition) is 5. The molecule has 8 heteroatoms. The van der Waals surface area contributed by atoms with Gasteiger partial charge in [0.1, 0.15) is 22.9 Å². The topological polar surface area (TPSA) is 95.9 Å². The maximum absolute atomic E-state index is 12.3. The Hall–Kier alpha value is -2.48. The van der Waals surface area contributed by atoms with Gasteiger partial charge in [-0.25, -0.2) is 4.79 Å². The highest BCUT2D eigenvalue weighted by Crippen LogP contribution is 2.40. The van der Waals surface area contributed by atoms with Gasteiger partial charge in [0, 0.05) is 12.2 Å². The maximum atomic E-state index is 12.3. The monoisotopic (exact) mass is 376 g/mol. The lowest BCUT2D eigenvalue weighted by molar-refractivity contribution is -0.150. The van der Waals surface area contributed by atoms with Crippen molar-refractivity contribution in [2.45, 2.75) is 31.2 Å². The van der Waals surface area contributed by atoms with Gasteiger partial charge in [-0.2, -0.15) is 0 Å². The Bertz CT molecular complexity index is 774. The van der Waals surface area contributed by atoms with Gasteiger partial charge in [-0.1, -0.05) is 12.1 Å². The lowest BCUT2D eigenvalue weighted by Gasteiger charge is -2.49. The summed E-state index contributed by atoms with van der Waals surface area (Å²) in [5.41, 5.74) is 1.71. The molecule has 2 amide bonds. The molecule has 1 aromatic rings. The van der Waals surface area contributed by atoms with E-state index in [4.69, 9.17) is 4.74 Å². The number of methoxy groups -OCH3 is 1. The van der Waals surface area contributed by atoms with E-state index in [1.807, 2.05) is 24.3 Å². The number of hydrogen-bond donors (Lipinski definition) is 2. The van der Waals surface area contributed by atoms with Crippen molar-refractivity contribution < 1.29 is 24.2 Å². The van der Waals surface area contributed by atoms with Gasteiger partial charge >= 0.3 is 5.97 Å². The van der Waals surface area contributed by atoms with Gasteiger partial charge in [-0.05, 0) is 36.6 Å². The molecular formula is C18H20N2O5S. The van der Waals surface area contributed by atoms with Crippen LogP contribution in [0.1, 0.15) is 18.9 Å². The van der Waals surface area contributed by atoms with Crippen LogP contribution in [0, 0.1) is 0 Å². The Kier molecular flexibility index (Phi) is 5.22. The normalized spacial score (nSPS) is 21.8. The summed E-state index contributed by atoms with van der Waals surface area (Å²) in [5.74, 6) is -0.399. The van der Waals surface area contributed by atoms with E-state index in [0.717, 1.165) is 11.3 Å². The van der Waals surface area contributed by atoms with Crippen molar-refractivity contribution in [1.82, 2.24) is 10.2 Å². The molecule has 0 bridgehead atoms. The number of thioether (sulfide) groups is 1. The van der Waals surface area contributed by atoms with Crippen LogP contribution in [0.15, 0.2) is 35.5 Å². The number of carbonyl (C=O) groups excluding carboxylic acids is 2. The van der Waals surface area contributed by atoms with E-state index in [1.54, 1.807) is 14.0 Å². The summed E-state index contributed by atoms with van der Waals surface area (Å²) in [5, 5.41) is 11.7. The molecule has 0 unspecified atom stereocenters. The summed E-state index contributed by atoms with van der Waals surface area (Å²) in [4.78, 5) is 37.2. The molecule has 0 spiro atoms. The van der Waals surface area contributed by atoms with E-state index >= 15 is 0 Å². The van der Waals surface area contributed by atoms with Crippen molar-refractivity contribution in [1.29, 1.82) is 0 Å². The highest BCUT2D eigenvalue weighted by atomic mass is 32.2. The fraction of sp³-hybridized carbons (Fsp3) is 0.389. The van der Waals surface area contributed by atoms with Crippen LogP contribution in [-0.4, -0.2) is 52.1 Å². The summed E-state index contributed by atoms with van der Waals surface area (Å²) in [6.45, 7) is 1.71. The fourth-order valence-corrected chi connectivity index (χ4v) is 4.36. The van der Waals surface area contributed by atoms with Crippen molar-refractivity contribution >= 4 is 29.5 Å². The molecule has 1 aromatic carbocycles. The molecular weight excluding hydrogens is 356 g/mol. The van der Waals surface area contributed by atoms with Crippen LogP contribution in [0.25, 0.3) is 0 Å². The molecule has 0 aliphatic carbocycles. The zero-order chi connectivity index (χ0) is 18.8. The van der Waals surface area contributed by atoms with E-state index in [0.29, 0.717) is 17.7 Å². The summed E-state index contributed by atoms with van der Waals surface area (Å²) >= 11 is 1.47. The number of aryl methyl sites for hydroxylation is 1. The van der Waals surface area contributed by atoms with Crippen LogP contribution >= 0.6 is 11.8 Å². The number of aliphatic carboxylic acids is 1. The zero-order valence-corrected chi connectivity index (χ0v) is 15.3. The van der Waals surface area contributed by atoms with E-state index in [2.05, 4.69) is 5.32 Å². The third-order valence-electron chi connectivity index (χ3n) is 4.48. The van der Waals surface area contributed by atoms with E-state index in [9.17, 15) is 19.5 Å². The van der Waals surface area contributed by atoms with Crippen LogP contribution in [0.5, 0.6) is 5.75 Å². The van der Waals surface area contributed by atoms with Gasteiger partial charge in [0.15, 0.2) is 0 Å². The molecule has 26 heavy (non-hydrogen) atoms. The fourth-order valence-electron chi connectivity index (χ4n) is 3.07. The third-order valence-corrected chi connectivity index (χ3v) is 5.90. The van der Waals surface area contributed by atoms with Crippen LogP contribution in [0.4, 0.5) is 0 Å². The number of rotatable bonds is 6. The first kappa shape index (κ1) is 18.3. The van der Waals surface area contributed by atoms with Crippen molar-refractivity contribution in [2.75, 3.05) is 12.9 Å². The second-order valence-electron chi connectivity index (χ2n) is 6.24. The van der Waals surface area contributed by atoms with Crippen molar-refractivity contribution in [2.24, 2.45) is 0 Å². The van der Waals surface area contributed by atoms with Crippen LogP contribution in [0.3, 0.4) is 0 Å². The number of carbonyl (C=O) groups is 3. The minimum Gasteiger partial charge on any atom is -0.497 e. The number of nitrogens with one attached hydrogen (secondary N) is 1. The lowest BCUT2D eigenvalue weighted by atomic mass is 10.0. The minimum absolute atomic E-state index is 0.0440. The molecule has 1 fully saturated rings. The Morgan fingerprint density at radius 2 is 2.04 bits per heavy atom. The Labute approximate surface area is 155 Å². The standard InChI is InChI=1S/C18H20N2O5S/c1-10-9-26-17-14(16(22)20(17)15(10)18(23)24)19-13(21)8-5-11-3-6-12(25-2)7-4-11/h3-4,6-7,14,17H,5,8-9H2,1-2H3,(H,19,21)(H,23,24)/t14-,17-/m1/s1. The molecule has 138 valence electrons. The molecule has 2 aliphatic heterocycles. The number of fused-ring (bicyclic) bond motifs is 1. The molecule has 1 saturated heterocycles. The van der Waals surface area contributed by atoms with Crippen molar-refractivity contribution in [3.05, 3.63) is 41.1 Å². The quantitative estimate of drug-likeness (QED) is 0.729. The number of nitrogens with zero attached hydrogens (tertiary/aromatic N) is 1. The second kappa shape index (κ2) is 7.41. The van der Waals surface area contributed by atoms with E-state index in [1.165, 1.54) is 16.7 Å². The van der Waals surface area contributed by atoms with Crippen molar-refractivity contribution in [3.8, 4) is 5.75 Å². The lowest BCUT2D eigenvalue weighted by Crippen LogP contribution is -2.70. The molecule has 0 aromatic heterocycles. The maximum Gasteiger partial charge on any atom is 0.352 e. The van der Waals surface area contributed by atoms with Gasteiger partial charge in [-0.3, -0.25) is 14.5 Å². The second-order valence-corrected chi connectivity index (χ2v) is 7.34. The number of amides is 2. The van der Waals surface area contributed by atoms with Crippen LogP contribution in [-0.2, 0) is 20.8 Å². The predicted octanol–water partition coefficient (Wildman–Crippen LogP) is 1.39. The molecule has 0 radical (unpaired) electrons. The predicted molar refractivity (Wildman–Crippen MR) is 96.7 cm³/mol. The average Bonchev–Trinajstić information content (AvgIpc) is 2.64. The summed E-state index contributed by atoms with van der Waals surface area (Å²) in [6.07, 6.45) is 0.811. The summed E-state index contributed by atoms with van der Waals surface area (Å²) in [6, 6.07) is 6.80. The van der Waals surface area contributed by atoms with E-state index in [-0.39, 0.29) is 29.3 Å². The Morgan fingerprint density at radius 3 is 2.65 bits per heavy atom. The molecule has 2 atom stereocenters. The van der Waals surface area contributed by atoms with Gasteiger partial charge in [-0.15, -0.1) is 11.8 Å². The number of β-lactam (4-membered cyclic amide) rings is 1. The van der Waals surface area contributed by atoms with Gasteiger partial charge < -0.3 is 15.2 Å². The smallest absolute Gasteiger partial charge is 0.352 e. The number of benzene rings is 1. The van der Waals surface area contributed by atoms with Gasteiger partial charge in [0.05, 0.1) is 7.11 Å². The first-order chi connectivity index (χ1) is 12.4. The SMILES string of the molecule is COc1ccc(CCC(=O)N[C@@H]2C(=O)N3C(C(=O)O)=C(C)CS[C@H]23)cc1. The molecule has 0 saturated carbocycles. The molecule has 3 rings (SSSR count). The number of carboxylic acids is 1. The Morgan fingerprint density at radius 1 is 1.35 bits per heavy atom. The van der Waals surface area contributed by atoms with Gasteiger partial charge in [0.25, 0.3) is 5.91 Å². The first-order valence-electron chi connectivity index (χ1n) is 8.22. The highest BCUT2D eigenvalue weighted by Gasteiger charge is 2.53. The van der Waals surface area contributed by atoms with Crippen molar-refractivity contribution in [3.63, 3.8) is 0 Å². The van der Waals surface area contributed by atoms with E-state index < -0.39 is 12.0 Å². The Balaban J connectivity index is 1.56. The first-order valence-corrected chi connectivity index (χ1v) is 9.27. The largest absolute Gasteiger partial charge is 0.497 e. The zero-order valence-electron chi connectivity index (χ0n) is 14.5. The molecule has 2 N–H and O–H groups in total. The molecule has 2 aliphatic rings. The highest BCUT2D eigenvalue weighted by molar-refractivity contribution is 8.00. The van der Waals surface area contributed by atoms with Gasteiger partial charge in [0.2, 0.25) is 5.91 Å².